The fourth-order valence-corrected chi connectivity index (χ4v) is 5.81. The zero-order chi connectivity index (χ0) is 22.2. The number of carbonyl (C=O) groups excluding carboxylic acids is 1. The predicted octanol–water partition coefficient (Wildman–Crippen LogP) is 4.02. The number of amides is 1. The Kier molecular flexibility index (Phi) is 5.17. The lowest BCUT2D eigenvalue weighted by atomic mass is 9.99. The first-order valence-corrected chi connectivity index (χ1v) is 11.9. The predicted molar refractivity (Wildman–Crippen MR) is 131 cm³/mol. The number of nitriles is 1. The van der Waals surface area contributed by atoms with E-state index in [0.717, 1.165) is 24.3 Å². The van der Waals surface area contributed by atoms with Gasteiger partial charge < -0.3 is 21.3 Å². The van der Waals surface area contributed by atoms with Crippen LogP contribution in [0.4, 0.5) is 17.2 Å². The molecule has 1 fully saturated rings. The monoisotopic (exact) mass is 460 g/mol. The lowest BCUT2D eigenvalue weighted by molar-refractivity contribution is 0.0752. The van der Waals surface area contributed by atoms with E-state index in [1.807, 2.05) is 39.9 Å². The fraction of sp³-hybridized carbons (Fsp3) is 0.174. The number of thiophene rings is 2. The van der Waals surface area contributed by atoms with E-state index in [-0.39, 0.29) is 17.3 Å². The number of pyridine rings is 1. The molecule has 0 aliphatic carbocycles. The van der Waals surface area contributed by atoms with Gasteiger partial charge >= 0.3 is 0 Å². The summed E-state index contributed by atoms with van der Waals surface area (Å²) in [6, 6.07) is 14.3. The first kappa shape index (κ1) is 20.3. The molecule has 3 aromatic heterocycles. The van der Waals surface area contributed by atoms with Crippen LogP contribution in [0.5, 0.6) is 0 Å². The molecule has 1 aliphatic rings. The molecule has 4 N–H and O–H groups in total. The second kappa shape index (κ2) is 8.15. The van der Waals surface area contributed by atoms with Crippen LogP contribution >= 0.6 is 22.7 Å². The van der Waals surface area contributed by atoms with Crippen LogP contribution in [-0.4, -0.2) is 42.0 Å². The highest BCUT2D eigenvalue weighted by Crippen LogP contribution is 2.43. The maximum absolute atomic E-state index is 13.4. The number of piperazine rings is 1. The van der Waals surface area contributed by atoms with Gasteiger partial charge in [-0.15, -0.1) is 11.3 Å². The van der Waals surface area contributed by atoms with Crippen molar-refractivity contribution in [3.63, 3.8) is 0 Å². The number of benzene rings is 1. The van der Waals surface area contributed by atoms with E-state index in [1.54, 1.807) is 0 Å². The van der Waals surface area contributed by atoms with Crippen LogP contribution in [0.25, 0.3) is 21.3 Å². The van der Waals surface area contributed by atoms with Crippen molar-refractivity contribution in [2.45, 2.75) is 0 Å². The summed E-state index contributed by atoms with van der Waals surface area (Å²) in [4.78, 5) is 22.9. The number of para-hydroxylation sites is 1. The number of nitrogens with zero attached hydrogens (tertiary/aromatic N) is 4. The molecule has 9 heteroatoms. The molecule has 32 heavy (non-hydrogen) atoms. The summed E-state index contributed by atoms with van der Waals surface area (Å²) in [6.45, 7) is 2.73. The third kappa shape index (κ3) is 3.34. The van der Waals surface area contributed by atoms with Crippen molar-refractivity contribution in [2.75, 3.05) is 42.5 Å². The molecular formula is C23H20N6OS2. The van der Waals surface area contributed by atoms with Gasteiger partial charge in [-0.1, -0.05) is 18.2 Å². The minimum absolute atomic E-state index is 0.105. The Morgan fingerprint density at radius 1 is 1.09 bits per heavy atom. The molecular weight excluding hydrogens is 440 g/mol. The second-order valence-electron chi connectivity index (χ2n) is 7.51. The maximum atomic E-state index is 13.4. The topological polar surface area (TPSA) is 112 Å². The van der Waals surface area contributed by atoms with Gasteiger partial charge in [-0.25, -0.2) is 4.98 Å². The van der Waals surface area contributed by atoms with E-state index in [2.05, 4.69) is 28.1 Å². The van der Waals surface area contributed by atoms with Crippen LogP contribution in [0.15, 0.2) is 47.2 Å². The molecule has 1 amide bonds. The van der Waals surface area contributed by atoms with E-state index in [4.69, 9.17) is 11.5 Å². The minimum Gasteiger partial charge on any atom is -0.397 e. The molecule has 0 saturated carbocycles. The first-order valence-electron chi connectivity index (χ1n) is 10.1. The number of anilines is 3. The highest BCUT2D eigenvalue weighted by atomic mass is 32.1. The van der Waals surface area contributed by atoms with Gasteiger partial charge in [0.2, 0.25) is 0 Å². The third-order valence-corrected chi connectivity index (χ3v) is 7.48. The van der Waals surface area contributed by atoms with Crippen molar-refractivity contribution in [1.29, 1.82) is 5.26 Å². The smallest absolute Gasteiger partial charge is 0.266 e. The number of nitrogen functional groups attached to an aromatic ring is 2. The molecule has 0 unspecified atom stereocenters. The number of nitrogens with two attached hydrogens (primary N) is 2. The Balaban J connectivity index is 1.49. The van der Waals surface area contributed by atoms with Crippen molar-refractivity contribution in [3.8, 4) is 17.2 Å². The Labute approximate surface area is 193 Å². The van der Waals surface area contributed by atoms with E-state index in [1.165, 1.54) is 22.7 Å². The number of carbonyl (C=O) groups is 1. The summed E-state index contributed by atoms with van der Waals surface area (Å²) in [6.07, 6.45) is 0. The number of rotatable bonds is 3. The van der Waals surface area contributed by atoms with Crippen LogP contribution < -0.4 is 16.4 Å². The average Bonchev–Trinajstić information content (AvgIpc) is 3.47. The molecule has 1 saturated heterocycles. The highest BCUT2D eigenvalue weighted by molar-refractivity contribution is 7.21. The lowest BCUT2D eigenvalue weighted by Gasteiger charge is -2.36. The Morgan fingerprint density at radius 2 is 1.84 bits per heavy atom. The summed E-state index contributed by atoms with van der Waals surface area (Å²) in [7, 11) is 0. The Bertz CT molecular complexity index is 1330. The molecule has 160 valence electrons. The van der Waals surface area contributed by atoms with Gasteiger partial charge in [-0.2, -0.15) is 16.6 Å². The van der Waals surface area contributed by atoms with Crippen LogP contribution in [0.1, 0.15) is 15.2 Å². The second-order valence-corrected chi connectivity index (χ2v) is 9.29. The van der Waals surface area contributed by atoms with Gasteiger partial charge in [0.1, 0.15) is 27.2 Å². The molecule has 0 radical (unpaired) electrons. The number of fused-ring (bicyclic) bond motifs is 1. The largest absolute Gasteiger partial charge is 0.397 e. The summed E-state index contributed by atoms with van der Waals surface area (Å²) in [5, 5.41) is 14.2. The molecule has 1 aliphatic heterocycles. The van der Waals surface area contributed by atoms with Gasteiger partial charge in [0, 0.05) is 42.8 Å². The van der Waals surface area contributed by atoms with Crippen molar-refractivity contribution in [1.82, 2.24) is 9.88 Å². The number of hydrogen-bond donors (Lipinski definition) is 2. The third-order valence-electron chi connectivity index (χ3n) is 5.71. The van der Waals surface area contributed by atoms with Gasteiger partial charge in [0.25, 0.3) is 5.91 Å². The van der Waals surface area contributed by atoms with E-state index >= 15 is 0 Å². The lowest BCUT2D eigenvalue weighted by Crippen LogP contribution is -2.48. The normalized spacial score (nSPS) is 14.0. The molecule has 0 bridgehead atoms. The van der Waals surface area contributed by atoms with Crippen LogP contribution in [0.3, 0.4) is 0 Å². The van der Waals surface area contributed by atoms with E-state index < -0.39 is 0 Å². The van der Waals surface area contributed by atoms with Crippen molar-refractivity contribution < 1.29 is 4.79 Å². The highest BCUT2D eigenvalue weighted by Gasteiger charge is 2.28. The standard InChI is InChI=1S/C23H20N6OS2/c24-12-16-17(14-6-11-31-13-14)18-19(25)20(32-22(18)27-21(16)26)23(30)29-9-7-28(8-10-29)15-4-2-1-3-5-15/h1-6,11,13H,7-10,25H2,(H2,26,27). The molecule has 5 rings (SSSR count). The van der Waals surface area contributed by atoms with Gasteiger partial charge in [-0.3, -0.25) is 4.79 Å². The molecule has 4 aromatic rings. The van der Waals surface area contributed by atoms with E-state index in [9.17, 15) is 10.1 Å². The number of aromatic nitrogens is 1. The molecule has 4 heterocycles. The fourth-order valence-electron chi connectivity index (χ4n) is 4.09. The molecule has 1 aromatic carbocycles. The maximum Gasteiger partial charge on any atom is 0.266 e. The summed E-state index contributed by atoms with van der Waals surface area (Å²) in [5.74, 6) is 0.0458. The minimum atomic E-state index is -0.105. The summed E-state index contributed by atoms with van der Waals surface area (Å²) >= 11 is 2.76. The summed E-state index contributed by atoms with van der Waals surface area (Å²) in [5.41, 5.74) is 15.9. The zero-order valence-corrected chi connectivity index (χ0v) is 18.7. The van der Waals surface area contributed by atoms with E-state index in [0.29, 0.717) is 39.4 Å². The first-order chi connectivity index (χ1) is 15.6. The average molecular weight is 461 g/mol. The molecule has 7 nitrogen and oxygen atoms in total. The van der Waals surface area contributed by atoms with Crippen LogP contribution in [0.2, 0.25) is 0 Å². The summed E-state index contributed by atoms with van der Waals surface area (Å²) < 4.78 is 0. The van der Waals surface area contributed by atoms with Gasteiger partial charge in [-0.05, 0) is 34.5 Å². The zero-order valence-electron chi connectivity index (χ0n) is 17.1. The number of hydrogen-bond acceptors (Lipinski definition) is 8. The SMILES string of the molecule is N#Cc1c(N)nc2sc(C(=O)N3CCN(c4ccccc4)CC3)c(N)c2c1-c1ccsc1. The molecule has 0 atom stereocenters. The van der Waals surface area contributed by atoms with Crippen molar-refractivity contribution in [2.24, 2.45) is 0 Å². The Hall–Kier alpha value is -3.61. The van der Waals surface area contributed by atoms with Crippen LogP contribution in [0, 0.1) is 11.3 Å². The molecule has 0 spiro atoms. The van der Waals surface area contributed by atoms with Crippen LogP contribution in [-0.2, 0) is 0 Å². The van der Waals surface area contributed by atoms with Crippen molar-refractivity contribution in [3.05, 3.63) is 57.6 Å². The van der Waals surface area contributed by atoms with Gasteiger partial charge in [0.05, 0.1) is 5.69 Å². The Morgan fingerprint density at radius 3 is 2.50 bits per heavy atom. The van der Waals surface area contributed by atoms with Gasteiger partial charge in [0.15, 0.2) is 0 Å². The van der Waals surface area contributed by atoms with Crippen molar-refractivity contribution >= 4 is 56.0 Å². The quantitative estimate of drug-likeness (QED) is 0.477.